The van der Waals surface area contributed by atoms with Gasteiger partial charge in [-0.25, -0.2) is 13.2 Å². The zero-order chi connectivity index (χ0) is 22.0. The van der Waals surface area contributed by atoms with Crippen molar-refractivity contribution in [3.8, 4) is 0 Å². The van der Waals surface area contributed by atoms with Gasteiger partial charge in [0.2, 0.25) is 10.0 Å². The van der Waals surface area contributed by atoms with E-state index in [1.807, 2.05) is 0 Å². The third-order valence-corrected chi connectivity index (χ3v) is 8.03. The van der Waals surface area contributed by atoms with E-state index in [2.05, 4.69) is 46.1 Å². The molecule has 0 spiro atoms. The van der Waals surface area contributed by atoms with Crippen molar-refractivity contribution in [1.82, 2.24) is 23.3 Å². The molecule has 1 fully saturated rings. The summed E-state index contributed by atoms with van der Waals surface area (Å²) in [5.41, 5.74) is 4.64. The van der Waals surface area contributed by atoms with Gasteiger partial charge >= 0.3 is 6.03 Å². The molecule has 0 bridgehead atoms. The molecule has 164 valence electrons. The predicted molar refractivity (Wildman–Crippen MR) is 121 cm³/mol. The Balaban J connectivity index is 1.33. The van der Waals surface area contributed by atoms with E-state index in [1.165, 1.54) is 21.0 Å². The molecule has 10 heteroatoms. The zero-order valence-electron chi connectivity index (χ0n) is 17.5. The molecule has 1 saturated heterocycles. The highest BCUT2D eigenvalue weighted by atomic mass is 32.2. The number of nitrogens with zero attached hydrogens (tertiary/aromatic N) is 4. The molecule has 4 rings (SSSR count). The van der Waals surface area contributed by atoms with Gasteiger partial charge in [-0.1, -0.05) is 29.8 Å². The van der Waals surface area contributed by atoms with Gasteiger partial charge in [0.05, 0.1) is 11.7 Å². The molecule has 8 nitrogen and oxygen atoms in total. The fraction of sp³-hybridized carbons (Fsp3) is 0.381. The number of benzene rings is 2. The summed E-state index contributed by atoms with van der Waals surface area (Å²) in [6.45, 7) is 5.88. The van der Waals surface area contributed by atoms with Crippen molar-refractivity contribution in [3.63, 3.8) is 0 Å². The van der Waals surface area contributed by atoms with Crippen molar-refractivity contribution >= 4 is 38.8 Å². The zero-order valence-corrected chi connectivity index (χ0v) is 19.2. The second-order valence-electron chi connectivity index (χ2n) is 7.69. The van der Waals surface area contributed by atoms with Crippen LogP contribution in [0.15, 0.2) is 41.3 Å². The lowest BCUT2D eigenvalue weighted by atomic mass is 10.0. The van der Waals surface area contributed by atoms with Gasteiger partial charge < -0.3 is 10.2 Å². The third kappa shape index (κ3) is 4.56. The maximum absolute atomic E-state index is 13.1. The van der Waals surface area contributed by atoms with E-state index >= 15 is 0 Å². The normalized spacial score (nSPS) is 15.4. The molecule has 0 atom stereocenters. The van der Waals surface area contributed by atoms with E-state index in [1.54, 1.807) is 23.1 Å². The number of hydrogen-bond acceptors (Lipinski definition) is 6. The standard InChI is InChI=1S/C21H25N5O3S2/c1-15-6-7-17(16(2)14-15)8-9-22-21(27)25-10-12-26(13-11-25)31(28,29)19-5-3-4-18-20(19)24-30-23-18/h3-7,14H,8-13H2,1-2H3,(H,22,27). The van der Waals surface area contributed by atoms with Crippen molar-refractivity contribution in [2.24, 2.45) is 0 Å². The first-order chi connectivity index (χ1) is 14.9. The second-order valence-corrected chi connectivity index (χ2v) is 10.1. The number of urea groups is 1. The lowest BCUT2D eigenvalue weighted by Gasteiger charge is -2.34. The Kier molecular flexibility index (Phi) is 6.22. The van der Waals surface area contributed by atoms with Gasteiger partial charge in [0.15, 0.2) is 0 Å². The lowest BCUT2D eigenvalue weighted by Crippen LogP contribution is -2.53. The Morgan fingerprint density at radius 3 is 2.61 bits per heavy atom. The highest BCUT2D eigenvalue weighted by Crippen LogP contribution is 2.25. The summed E-state index contributed by atoms with van der Waals surface area (Å²) in [5, 5.41) is 2.95. The van der Waals surface area contributed by atoms with E-state index in [-0.39, 0.29) is 24.0 Å². The van der Waals surface area contributed by atoms with Crippen LogP contribution in [-0.2, 0) is 16.4 Å². The minimum Gasteiger partial charge on any atom is -0.338 e. The summed E-state index contributed by atoms with van der Waals surface area (Å²) in [6, 6.07) is 11.1. The van der Waals surface area contributed by atoms with Crippen LogP contribution in [0.1, 0.15) is 16.7 Å². The summed E-state index contributed by atoms with van der Waals surface area (Å²) >= 11 is 0.997. The molecule has 0 radical (unpaired) electrons. The number of sulfonamides is 1. The van der Waals surface area contributed by atoms with Gasteiger partial charge in [0.1, 0.15) is 15.9 Å². The maximum Gasteiger partial charge on any atom is 0.317 e. The molecule has 2 heterocycles. The Labute approximate surface area is 186 Å². The topological polar surface area (TPSA) is 95.5 Å². The van der Waals surface area contributed by atoms with Crippen LogP contribution >= 0.6 is 11.7 Å². The number of nitrogens with one attached hydrogen (secondary N) is 1. The molecule has 31 heavy (non-hydrogen) atoms. The largest absolute Gasteiger partial charge is 0.338 e. The van der Waals surface area contributed by atoms with E-state index < -0.39 is 10.0 Å². The Morgan fingerprint density at radius 2 is 1.87 bits per heavy atom. The molecule has 2 aromatic carbocycles. The maximum atomic E-state index is 13.1. The van der Waals surface area contributed by atoms with Gasteiger partial charge in [0, 0.05) is 32.7 Å². The number of carbonyl (C=O) groups is 1. The van der Waals surface area contributed by atoms with Gasteiger partial charge in [-0.3, -0.25) is 0 Å². The molecule has 0 saturated carbocycles. The highest BCUT2D eigenvalue weighted by molar-refractivity contribution is 7.89. The average molecular weight is 460 g/mol. The molecule has 2 amide bonds. The quantitative estimate of drug-likeness (QED) is 0.633. The van der Waals surface area contributed by atoms with Crippen LogP contribution in [0.3, 0.4) is 0 Å². The van der Waals surface area contributed by atoms with E-state index in [9.17, 15) is 13.2 Å². The van der Waals surface area contributed by atoms with E-state index in [0.717, 1.165) is 18.1 Å². The fourth-order valence-electron chi connectivity index (χ4n) is 3.80. The monoisotopic (exact) mass is 459 g/mol. The van der Waals surface area contributed by atoms with Crippen LogP contribution in [-0.4, -0.2) is 65.1 Å². The first-order valence-electron chi connectivity index (χ1n) is 10.2. The van der Waals surface area contributed by atoms with Gasteiger partial charge in [0.25, 0.3) is 0 Å². The highest BCUT2D eigenvalue weighted by Gasteiger charge is 2.31. The number of aromatic nitrogens is 2. The Morgan fingerprint density at radius 1 is 1.10 bits per heavy atom. The van der Waals surface area contributed by atoms with Crippen molar-refractivity contribution in [2.45, 2.75) is 25.2 Å². The smallest absolute Gasteiger partial charge is 0.317 e. The summed E-state index contributed by atoms with van der Waals surface area (Å²) in [7, 11) is -3.69. The minimum atomic E-state index is -3.69. The number of carbonyl (C=O) groups excluding carboxylic acids is 1. The minimum absolute atomic E-state index is 0.160. The van der Waals surface area contributed by atoms with Gasteiger partial charge in [-0.2, -0.15) is 13.1 Å². The molecule has 0 unspecified atom stereocenters. The van der Waals surface area contributed by atoms with E-state index in [4.69, 9.17) is 0 Å². The summed E-state index contributed by atoms with van der Waals surface area (Å²) in [6.07, 6.45) is 0.762. The lowest BCUT2D eigenvalue weighted by molar-refractivity contribution is 0.172. The van der Waals surface area contributed by atoms with Crippen LogP contribution in [0.4, 0.5) is 4.79 Å². The first-order valence-corrected chi connectivity index (χ1v) is 12.3. The van der Waals surface area contributed by atoms with Crippen LogP contribution < -0.4 is 5.32 Å². The molecule has 1 aliphatic rings. The number of piperazine rings is 1. The molecular formula is C21H25N5O3S2. The number of aryl methyl sites for hydroxylation is 2. The number of fused-ring (bicyclic) bond motifs is 1. The van der Waals surface area contributed by atoms with Gasteiger partial charge in [-0.05, 0) is 43.5 Å². The van der Waals surface area contributed by atoms with Crippen molar-refractivity contribution in [2.75, 3.05) is 32.7 Å². The molecule has 1 aliphatic heterocycles. The first kappa shape index (κ1) is 21.7. The van der Waals surface area contributed by atoms with Crippen LogP contribution in [0.25, 0.3) is 11.0 Å². The number of rotatable bonds is 5. The molecule has 1 N–H and O–H groups in total. The molecule has 1 aromatic heterocycles. The summed E-state index contributed by atoms with van der Waals surface area (Å²) in [5.74, 6) is 0. The van der Waals surface area contributed by atoms with Gasteiger partial charge in [-0.15, -0.1) is 0 Å². The second kappa shape index (κ2) is 8.89. The summed E-state index contributed by atoms with van der Waals surface area (Å²) in [4.78, 5) is 14.4. The average Bonchev–Trinajstić information content (AvgIpc) is 3.24. The van der Waals surface area contributed by atoms with Crippen LogP contribution in [0.2, 0.25) is 0 Å². The SMILES string of the molecule is Cc1ccc(CCNC(=O)N2CCN(S(=O)(=O)c3cccc4nsnc34)CC2)c(C)c1. The molecular weight excluding hydrogens is 434 g/mol. The van der Waals surface area contributed by atoms with Crippen molar-refractivity contribution in [3.05, 3.63) is 53.1 Å². The van der Waals surface area contributed by atoms with E-state index in [0.29, 0.717) is 30.7 Å². The third-order valence-electron chi connectivity index (χ3n) is 5.56. The van der Waals surface area contributed by atoms with Crippen molar-refractivity contribution < 1.29 is 13.2 Å². The predicted octanol–water partition coefficient (Wildman–Crippen LogP) is 2.57. The molecule has 0 aliphatic carbocycles. The van der Waals surface area contributed by atoms with Crippen LogP contribution in [0, 0.1) is 13.8 Å². The Hall–Kier alpha value is -2.56. The van der Waals surface area contributed by atoms with Crippen LogP contribution in [0.5, 0.6) is 0 Å². The molecule has 3 aromatic rings. The van der Waals surface area contributed by atoms with Crippen molar-refractivity contribution in [1.29, 1.82) is 0 Å². The Bertz CT molecular complexity index is 1200. The number of hydrogen-bond donors (Lipinski definition) is 1. The summed E-state index contributed by atoms with van der Waals surface area (Å²) < 4.78 is 35.9. The number of amides is 2. The fourth-order valence-corrected chi connectivity index (χ4v) is 5.98.